The summed E-state index contributed by atoms with van der Waals surface area (Å²) in [7, 11) is 0. The van der Waals surface area contributed by atoms with Crippen molar-refractivity contribution < 1.29 is 9.53 Å². The number of ether oxygens (including phenoxy) is 1. The molecule has 1 aliphatic heterocycles. The minimum Gasteiger partial charge on any atom is -0.493 e. The molecule has 2 aromatic carbocycles. The first-order valence-electron chi connectivity index (χ1n) is 7.12. The minimum atomic E-state index is 0.0486. The summed E-state index contributed by atoms with van der Waals surface area (Å²) in [6.45, 7) is 2.73. The molecule has 0 atom stereocenters. The van der Waals surface area contributed by atoms with Crippen molar-refractivity contribution in [2.24, 2.45) is 0 Å². The molecule has 1 heterocycles. The highest BCUT2D eigenvalue weighted by Crippen LogP contribution is 2.31. The predicted octanol–water partition coefficient (Wildman–Crippen LogP) is 3.94. The van der Waals surface area contributed by atoms with Gasteiger partial charge in [-0.15, -0.1) is 0 Å². The van der Waals surface area contributed by atoms with Gasteiger partial charge in [0, 0.05) is 5.56 Å². The molecule has 3 rings (SSSR count). The maximum Gasteiger partial charge on any atom is 0.196 e. The standard InChI is InChI=1S/C18H18O2/c1-13-11-15-9-5-6-10-20-18(15)16(12-13)17(19)14-7-3-2-4-8-14/h2-4,7-8,11-12H,5-6,9-10H2,1H3. The van der Waals surface area contributed by atoms with Crippen molar-refractivity contribution in [3.63, 3.8) is 0 Å². The zero-order valence-electron chi connectivity index (χ0n) is 11.7. The Morgan fingerprint density at radius 3 is 2.70 bits per heavy atom. The van der Waals surface area contributed by atoms with Gasteiger partial charge in [-0.25, -0.2) is 0 Å². The van der Waals surface area contributed by atoms with E-state index in [1.165, 1.54) is 5.56 Å². The number of benzene rings is 2. The van der Waals surface area contributed by atoms with Crippen LogP contribution in [0.15, 0.2) is 42.5 Å². The van der Waals surface area contributed by atoms with Crippen LogP contribution in [0, 0.1) is 6.92 Å². The van der Waals surface area contributed by atoms with Crippen LogP contribution in [-0.4, -0.2) is 12.4 Å². The summed E-state index contributed by atoms with van der Waals surface area (Å²) < 4.78 is 5.86. The predicted molar refractivity (Wildman–Crippen MR) is 79.5 cm³/mol. The van der Waals surface area contributed by atoms with Crippen molar-refractivity contribution >= 4 is 5.78 Å². The number of hydrogen-bond acceptors (Lipinski definition) is 2. The third-order valence-corrected chi connectivity index (χ3v) is 3.68. The highest BCUT2D eigenvalue weighted by Gasteiger charge is 2.20. The molecule has 0 radical (unpaired) electrons. The second-order valence-corrected chi connectivity index (χ2v) is 5.30. The van der Waals surface area contributed by atoms with Crippen LogP contribution in [-0.2, 0) is 6.42 Å². The van der Waals surface area contributed by atoms with Gasteiger partial charge in [0.1, 0.15) is 5.75 Å². The van der Waals surface area contributed by atoms with Crippen LogP contribution in [0.2, 0.25) is 0 Å². The molecule has 0 unspecified atom stereocenters. The summed E-state index contributed by atoms with van der Waals surface area (Å²) in [5.41, 5.74) is 3.71. The molecular weight excluding hydrogens is 248 g/mol. The molecule has 0 spiro atoms. The molecule has 0 saturated carbocycles. The lowest BCUT2D eigenvalue weighted by Gasteiger charge is -2.13. The van der Waals surface area contributed by atoms with E-state index in [-0.39, 0.29) is 5.78 Å². The van der Waals surface area contributed by atoms with E-state index >= 15 is 0 Å². The van der Waals surface area contributed by atoms with Crippen molar-refractivity contribution in [2.45, 2.75) is 26.2 Å². The quantitative estimate of drug-likeness (QED) is 0.770. The second-order valence-electron chi connectivity index (χ2n) is 5.30. The van der Waals surface area contributed by atoms with Crippen molar-refractivity contribution in [1.82, 2.24) is 0 Å². The first-order chi connectivity index (χ1) is 9.75. The maximum absolute atomic E-state index is 12.7. The highest BCUT2D eigenvalue weighted by molar-refractivity contribution is 6.11. The minimum absolute atomic E-state index is 0.0486. The van der Waals surface area contributed by atoms with Crippen molar-refractivity contribution in [3.05, 3.63) is 64.7 Å². The second kappa shape index (κ2) is 5.49. The normalized spacial score (nSPS) is 14.1. The Balaban J connectivity index is 2.09. The van der Waals surface area contributed by atoms with E-state index in [0.29, 0.717) is 17.7 Å². The highest BCUT2D eigenvalue weighted by atomic mass is 16.5. The summed E-state index contributed by atoms with van der Waals surface area (Å²) in [4.78, 5) is 12.7. The van der Waals surface area contributed by atoms with E-state index in [1.54, 1.807) is 0 Å². The zero-order valence-corrected chi connectivity index (χ0v) is 11.7. The van der Waals surface area contributed by atoms with E-state index in [9.17, 15) is 4.79 Å². The van der Waals surface area contributed by atoms with Crippen molar-refractivity contribution in [1.29, 1.82) is 0 Å². The molecule has 1 aliphatic rings. The number of fused-ring (bicyclic) bond motifs is 1. The number of ketones is 1. The van der Waals surface area contributed by atoms with Gasteiger partial charge in [-0.3, -0.25) is 4.79 Å². The van der Waals surface area contributed by atoms with E-state index in [1.807, 2.05) is 43.3 Å². The lowest BCUT2D eigenvalue weighted by atomic mass is 9.96. The molecule has 0 saturated heterocycles. The van der Waals surface area contributed by atoms with Gasteiger partial charge in [-0.2, -0.15) is 0 Å². The molecule has 2 aromatic rings. The molecule has 0 fully saturated rings. The number of carbonyl (C=O) groups is 1. The van der Waals surface area contributed by atoms with Crippen LogP contribution in [0.4, 0.5) is 0 Å². The monoisotopic (exact) mass is 266 g/mol. The Labute approximate surface area is 119 Å². The maximum atomic E-state index is 12.7. The summed E-state index contributed by atoms with van der Waals surface area (Å²) >= 11 is 0. The third kappa shape index (κ3) is 2.46. The van der Waals surface area contributed by atoms with Gasteiger partial charge in [0.05, 0.1) is 12.2 Å². The molecule has 0 N–H and O–H groups in total. The molecule has 102 valence electrons. The molecule has 0 bridgehead atoms. The largest absolute Gasteiger partial charge is 0.493 e. The van der Waals surface area contributed by atoms with E-state index in [4.69, 9.17) is 4.74 Å². The molecule has 20 heavy (non-hydrogen) atoms. The lowest BCUT2D eigenvalue weighted by molar-refractivity contribution is 0.103. The van der Waals surface area contributed by atoms with Gasteiger partial charge in [0.25, 0.3) is 0 Å². The number of carbonyl (C=O) groups excluding carboxylic acids is 1. The van der Waals surface area contributed by atoms with Crippen LogP contribution in [0.3, 0.4) is 0 Å². The third-order valence-electron chi connectivity index (χ3n) is 3.68. The number of rotatable bonds is 2. The zero-order chi connectivity index (χ0) is 13.9. The van der Waals surface area contributed by atoms with E-state index < -0.39 is 0 Å². The molecule has 0 amide bonds. The Hall–Kier alpha value is -2.09. The summed E-state index contributed by atoms with van der Waals surface area (Å²) in [5.74, 6) is 0.842. The lowest BCUT2D eigenvalue weighted by Crippen LogP contribution is -2.07. The summed E-state index contributed by atoms with van der Waals surface area (Å²) in [6, 6.07) is 13.5. The van der Waals surface area contributed by atoms with Crippen LogP contribution in [0.25, 0.3) is 0 Å². The number of hydrogen-bond donors (Lipinski definition) is 0. The van der Waals surface area contributed by atoms with Gasteiger partial charge >= 0.3 is 0 Å². The fourth-order valence-electron chi connectivity index (χ4n) is 2.71. The SMILES string of the molecule is Cc1cc2c(c(C(=O)c3ccccc3)c1)OCCCC2. The van der Waals surface area contributed by atoms with E-state index in [2.05, 4.69) is 6.07 Å². The van der Waals surface area contributed by atoms with Gasteiger partial charge in [-0.05, 0) is 43.4 Å². The first kappa shape index (κ1) is 12.9. The van der Waals surface area contributed by atoms with Crippen LogP contribution >= 0.6 is 0 Å². The Morgan fingerprint density at radius 1 is 1.10 bits per heavy atom. The van der Waals surface area contributed by atoms with Gasteiger partial charge in [0.2, 0.25) is 0 Å². The average Bonchev–Trinajstić information content (AvgIpc) is 2.71. The Bertz CT molecular complexity index is 629. The molecule has 0 aliphatic carbocycles. The topological polar surface area (TPSA) is 26.3 Å². The molecule has 0 aromatic heterocycles. The van der Waals surface area contributed by atoms with Crippen LogP contribution in [0.1, 0.15) is 39.9 Å². The van der Waals surface area contributed by atoms with Crippen molar-refractivity contribution in [3.8, 4) is 5.75 Å². The fraction of sp³-hybridized carbons (Fsp3) is 0.278. The average molecular weight is 266 g/mol. The molecular formula is C18H18O2. The van der Waals surface area contributed by atoms with Crippen molar-refractivity contribution in [2.75, 3.05) is 6.61 Å². The molecule has 2 heteroatoms. The summed E-state index contributed by atoms with van der Waals surface area (Å²) in [6.07, 6.45) is 3.16. The summed E-state index contributed by atoms with van der Waals surface area (Å²) in [5, 5.41) is 0. The Kier molecular flexibility index (Phi) is 3.55. The van der Waals surface area contributed by atoms with Crippen LogP contribution < -0.4 is 4.74 Å². The fourth-order valence-corrected chi connectivity index (χ4v) is 2.71. The smallest absolute Gasteiger partial charge is 0.196 e. The van der Waals surface area contributed by atoms with E-state index in [0.717, 1.165) is 30.6 Å². The molecule has 2 nitrogen and oxygen atoms in total. The van der Waals surface area contributed by atoms with Crippen LogP contribution in [0.5, 0.6) is 5.75 Å². The number of aryl methyl sites for hydroxylation is 2. The van der Waals surface area contributed by atoms with Gasteiger partial charge < -0.3 is 4.74 Å². The first-order valence-corrected chi connectivity index (χ1v) is 7.12. The van der Waals surface area contributed by atoms with Gasteiger partial charge in [0.15, 0.2) is 5.78 Å². The van der Waals surface area contributed by atoms with Gasteiger partial charge in [-0.1, -0.05) is 36.4 Å². The Morgan fingerprint density at radius 2 is 1.90 bits per heavy atom.